The van der Waals surface area contributed by atoms with Crippen molar-refractivity contribution in [3.05, 3.63) is 28.8 Å². The van der Waals surface area contributed by atoms with Gasteiger partial charge in [-0.15, -0.1) is 0 Å². The molecule has 0 saturated carbocycles. The number of hydrogen-bond donors (Lipinski definition) is 2. The highest BCUT2D eigenvalue weighted by Gasteiger charge is 2.19. The van der Waals surface area contributed by atoms with Gasteiger partial charge in [-0.1, -0.05) is 33.8 Å². The molecule has 1 aromatic carbocycles. The number of benzene rings is 1. The summed E-state index contributed by atoms with van der Waals surface area (Å²) in [7, 11) is 0. The topological polar surface area (TPSA) is 57.5 Å². The Morgan fingerprint density at radius 3 is 2.06 bits per heavy atom. The van der Waals surface area contributed by atoms with Crippen LogP contribution in [0.2, 0.25) is 0 Å². The number of aromatic hydroxyl groups is 1. The van der Waals surface area contributed by atoms with E-state index < -0.39 is 5.97 Å². The molecule has 0 saturated heterocycles. The third-order valence-corrected chi connectivity index (χ3v) is 2.85. The Morgan fingerprint density at radius 2 is 1.65 bits per heavy atom. The van der Waals surface area contributed by atoms with Crippen LogP contribution < -0.4 is 0 Å². The first-order valence-electron chi connectivity index (χ1n) is 5.91. The van der Waals surface area contributed by atoms with Crippen molar-refractivity contribution >= 4 is 5.97 Å². The molecule has 1 aromatic rings. The van der Waals surface area contributed by atoms with Crippen molar-refractivity contribution < 1.29 is 15.0 Å². The zero-order chi connectivity index (χ0) is 13.2. The lowest BCUT2D eigenvalue weighted by Gasteiger charge is -2.20. The molecule has 0 bridgehead atoms. The van der Waals surface area contributed by atoms with Gasteiger partial charge in [0.25, 0.3) is 0 Å². The number of aliphatic carboxylic acids is 1. The monoisotopic (exact) mass is 236 g/mol. The lowest BCUT2D eigenvalue weighted by atomic mass is 9.85. The Morgan fingerprint density at radius 1 is 1.12 bits per heavy atom. The molecule has 17 heavy (non-hydrogen) atoms. The van der Waals surface area contributed by atoms with Gasteiger partial charge in [0, 0.05) is 5.56 Å². The molecule has 0 aromatic heterocycles. The summed E-state index contributed by atoms with van der Waals surface area (Å²) in [5.41, 5.74) is 2.65. The molecule has 0 fully saturated rings. The van der Waals surface area contributed by atoms with Gasteiger partial charge in [0.1, 0.15) is 5.75 Å². The molecule has 3 nitrogen and oxygen atoms in total. The van der Waals surface area contributed by atoms with E-state index in [9.17, 15) is 9.90 Å². The van der Waals surface area contributed by atoms with Gasteiger partial charge in [-0.2, -0.15) is 0 Å². The lowest BCUT2D eigenvalue weighted by molar-refractivity contribution is -0.136. The van der Waals surface area contributed by atoms with Crippen LogP contribution in [0.15, 0.2) is 12.1 Å². The van der Waals surface area contributed by atoms with Crippen LogP contribution in [-0.2, 0) is 11.2 Å². The second-order valence-corrected chi connectivity index (χ2v) is 4.95. The largest absolute Gasteiger partial charge is 0.508 e. The summed E-state index contributed by atoms with van der Waals surface area (Å²) in [5.74, 6) is -0.194. The van der Waals surface area contributed by atoms with Gasteiger partial charge in [-0.3, -0.25) is 4.79 Å². The van der Waals surface area contributed by atoms with E-state index in [1.807, 2.05) is 27.7 Å². The molecule has 0 heterocycles. The summed E-state index contributed by atoms with van der Waals surface area (Å²) >= 11 is 0. The molecule has 0 aliphatic rings. The number of phenolic OH excluding ortho intramolecular Hbond substituents is 1. The smallest absolute Gasteiger partial charge is 0.307 e. The molecule has 0 atom stereocenters. The van der Waals surface area contributed by atoms with Gasteiger partial charge in [-0.05, 0) is 29.0 Å². The van der Waals surface area contributed by atoms with Crippen LogP contribution in [-0.4, -0.2) is 16.2 Å². The Hall–Kier alpha value is -1.51. The molecule has 0 spiro atoms. The van der Waals surface area contributed by atoms with E-state index >= 15 is 0 Å². The van der Waals surface area contributed by atoms with Crippen LogP contribution in [0.1, 0.15) is 56.2 Å². The molecule has 0 radical (unpaired) electrons. The van der Waals surface area contributed by atoms with Crippen molar-refractivity contribution in [1.29, 1.82) is 0 Å². The van der Waals surface area contributed by atoms with Gasteiger partial charge < -0.3 is 10.2 Å². The molecule has 0 aliphatic carbocycles. The molecule has 2 N–H and O–H groups in total. The van der Waals surface area contributed by atoms with Gasteiger partial charge in [0.2, 0.25) is 0 Å². The first-order valence-corrected chi connectivity index (χ1v) is 5.91. The number of carboxylic acids is 1. The first-order chi connectivity index (χ1) is 7.84. The maximum absolute atomic E-state index is 10.8. The minimum Gasteiger partial charge on any atom is -0.508 e. The van der Waals surface area contributed by atoms with Crippen molar-refractivity contribution in [1.82, 2.24) is 0 Å². The van der Waals surface area contributed by atoms with Gasteiger partial charge in [-0.25, -0.2) is 0 Å². The fraction of sp³-hybridized carbons (Fsp3) is 0.500. The number of carbonyl (C=O) groups is 1. The fourth-order valence-electron chi connectivity index (χ4n) is 2.28. The number of phenols is 1. The molecular weight excluding hydrogens is 216 g/mol. The zero-order valence-electron chi connectivity index (χ0n) is 10.8. The third kappa shape index (κ3) is 2.99. The molecule has 94 valence electrons. The van der Waals surface area contributed by atoms with Crippen molar-refractivity contribution in [3.8, 4) is 5.75 Å². The average molecular weight is 236 g/mol. The van der Waals surface area contributed by atoms with E-state index in [2.05, 4.69) is 0 Å². The minimum absolute atomic E-state index is 0.00745. The highest BCUT2D eigenvalue weighted by Crippen LogP contribution is 2.35. The van der Waals surface area contributed by atoms with E-state index in [1.165, 1.54) is 0 Å². The predicted molar refractivity (Wildman–Crippen MR) is 67.6 cm³/mol. The highest BCUT2D eigenvalue weighted by atomic mass is 16.4. The van der Waals surface area contributed by atoms with Crippen LogP contribution in [0, 0.1) is 0 Å². The maximum atomic E-state index is 10.8. The van der Waals surface area contributed by atoms with E-state index in [0.717, 1.165) is 16.7 Å². The third-order valence-electron chi connectivity index (χ3n) is 2.85. The molecule has 0 aliphatic heterocycles. The van der Waals surface area contributed by atoms with E-state index in [-0.39, 0.29) is 24.0 Å². The van der Waals surface area contributed by atoms with E-state index in [1.54, 1.807) is 12.1 Å². The maximum Gasteiger partial charge on any atom is 0.307 e. The number of hydrogen-bond acceptors (Lipinski definition) is 2. The summed E-state index contributed by atoms with van der Waals surface area (Å²) in [6, 6.07) is 3.31. The highest BCUT2D eigenvalue weighted by molar-refractivity contribution is 5.71. The van der Waals surface area contributed by atoms with Crippen molar-refractivity contribution in [2.24, 2.45) is 0 Å². The van der Waals surface area contributed by atoms with Crippen LogP contribution in [0.4, 0.5) is 0 Å². The summed E-state index contributed by atoms with van der Waals surface area (Å²) in [4.78, 5) is 10.8. The van der Waals surface area contributed by atoms with Crippen LogP contribution in [0.3, 0.4) is 0 Å². The quantitative estimate of drug-likeness (QED) is 0.843. The fourth-order valence-corrected chi connectivity index (χ4v) is 2.28. The lowest BCUT2D eigenvalue weighted by Crippen LogP contribution is -2.08. The van der Waals surface area contributed by atoms with Crippen molar-refractivity contribution in [2.45, 2.75) is 46.0 Å². The van der Waals surface area contributed by atoms with E-state index in [0.29, 0.717) is 0 Å². The standard InChI is InChI=1S/C14H20O3/c1-8(2)13-10(7-12(16)17)5-6-11(15)14(13)9(3)4/h5-6,8-9,15H,7H2,1-4H3,(H,16,17). The summed E-state index contributed by atoms with van der Waals surface area (Å²) in [6.07, 6.45) is 0.00745. The SMILES string of the molecule is CC(C)c1c(O)ccc(CC(=O)O)c1C(C)C. The van der Waals surface area contributed by atoms with E-state index in [4.69, 9.17) is 5.11 Å². The number of rotatable bonds is 4. The van der Waals surface area contributed by atoms with Crippen molar-refractivity contribution in [3.63, 3.8) is 0 Å². The van der Waals surface area contributed by atoms with Gasteiger partial charge in [0.05, 0.1) is 6.42 Å². The van der Waals surface area contributed by atoms with Crippen LogP contribution in [0.25, 0.3) is 0 Å². The van der Waals surface area contributed by atoms with Crippen LogP contribution in [0.5, 0.6) is 5.75 Å². The number of carboxylic acid groups (broad SMARTS) is 1. The second-order valence-electron chi connectivity index (χ2n) is 4.95. The predicted octanol–water partition coefficient (Wildman–Crippen LogP) is 3.27. The Kier molecular flexibility index (Phi) is 4.16. The zero-order valence-corrected chi connectivity index (χ0v) is 10.8. The molecule has 0 amide bonds. The average Bonchev–Trinajstić information content (AvgIpc) is 2.18. The molecule has 3 heteroatoms. The molecular formula is C14H20O3. The van der Waals surface area contributed by atoms with Crippen molar-refractivity contribution in [2.75, 3.05) is 0 Å². The second kappa shape index (κ2) is 5.21. The van der Waals surface area contributed by atoms with Gasteiger partial charge >= 0.3 is 5.97 Å². The Balaban J connectivity index is 3.41. The van der Waals surface area contributed by atoms with Crippen LogP contribution >= 0.6 is 0 Å². The Labute approximate surface area is 102 Å². The summed E-state index contributed by atoms with van der Waals surface area (Å²) < 4.78 is 0. The summed E-state index contributed by atoms with van der Waals surface area (Å²) in [5, 5.41) is 18.8. The Bertz CT molecular complexity index is 420. The normalized spacial score (nSPS) is 11.2. The molecule has 1 rings (SSSR count). The molecule has 0 unspecified atom stereocenters. The minimum atomic E-state index is -0.840. The van der Waals surface area contributed by atoms with Gasteiger partial charge in [0.15, 0.2) is 0 Å². The first kappa shape index (κ1) is 13.6. The summed E-state index contributed by atoms with van der Waals surface area (Å²) in [6.45, 7) is 8.05.